The minimum Gasteiger partial charge on any atom is -0.479 e. The molecule has 0 saturated carbocycles. The summed E-state index contributed by atoms with van der Waals surface area (Å²) in [6.45, 7) is 0.932. The van der Waals surface area contributed by atoms with Crippen molar-refractivity contribution < 1.29 is 23.9 Å². The summed E-state index contributed by atoms with van der Waals surface area (Å²) in [5.41, 5.74) is -1.04. The zero-order valence-corrected chi connectivity index (χ0v) is 13.2. The zero-order valence-electron chi connectivity index (χ0n) is 13.2. The molecule has 2 amide bonds. The highest BCUT2D eigenvalue weighted by atomic mass is 19.1. The molecule has 0 aliphatic carbocycles. The second kappa shape index (κ2) is 6.22. The van der Waals surface area contributed by atoms with Crippen molar-refractivity contribution in [3.63, 3.8) is 0 Å². The van der Waals surface area contributed by atoms with Gasteiger partial charge in [0.2, 0.25) is 11.6 Å². The van der Waals surface area contributed by atoms with Crippen LogP contribution in [0, 0.1) is 0 Å². The number of hydrogen-bond acceptors (Lipinski definition) is 3. The van der Waals surface area contributed by atoms with E-state index in [0.29, 0.717) is 18.5 Å². The van der Waals surface area contributed by atoms with Gasteiger partial charge in [-0.15, -0.1) is 0 Å². The van der Waals surface area contributed by atoms with Crippen molar-refractivity contribution in [3.8, 4) is 0 Å². The highest BCUT2D eigenvalue weighted by molar-refractivity contribution is 5.95. The number of carbonyl (C=O) groups is 3. The van der Waals surface area contributed by atoms with E-state index < -0.39 is 18.2 Å². The number of carbonyl (C=O) groups excluding carboxylic acids is 2. The molecule has 0 bridgehead atoms. The maximum atomic E-state index is 14.1. The lowest BCUT2D eigenvalue weighted by atomic mass is 10.1. The van der Waals surface area contributed by atoms with E-state index in [1.54, 1.807) is 29.2 Å². The second-order valence-electron chi connectivity index (χ2n) is 6.36. The number of rotatable bonds is 4. The molecule has 0 spiro atoms. The van der Waals surface area contributed by atoms with Gasteiger partial charge in [-0.1, -0.05) is 12.1 Å². The molecule has 2 saturated heterocycles. The van der Waals surface area contributed by atoms with E-state index >= 15 is 0 Å². The number of carboxylic acid groups (broad SMARTS) is 1. The molecule has 6 nitrogen and oxygen atoms in total. The fraction of sp³-hybridized carbons (Fsp3) is 0.471. The zero-order chi connectivity index (χ0) is 17.3. The lowest BCUT2D eigenvalue weighted by Gasteiger charge is -2.18. The summed E-state index contributed by atoms with van der Waals surface area (Å²) in [7, 11) is 0. The van der Waals surface area contributed by atoms with Crippen LogP contribution in [-0.2, 0) is 16.1 Å². The molecule has 2 heterocycles. The molecule has 0 radical (unpaired) electrons. The average molecular weight is 334 g/mol. The van der Waals surface area contributed by atoms with Gasteiger partial charge in [0.25, 0.3) is 5.91 Å². The van der Waals surface area contributed by atoms with Crippen LogP contribution in [0.5, 0.6) is 0 Å². The standard InChI is InChI=1S/C17H19FN2O4/c18-17(16(23)24)7-9-20(11-17)15(22)13-5-3-12(4-6-13)10-19-8-1-2-14(19)21/h3-6H,1-2,7-11H2,(H,23,24). The molecule has 1 aromatic rings. The van der Waals surface area contributed by atoms with Crippen molar-refractivity contribution in [2.45, 2.75) is 31.5 Å². The van der Waals surface area contributed by atoms with Crippen LogP contribution in [0.2, 0.25) is 0 Å². The highest BCUT2D eigenvalue weighted by Gasteiger charge is 2.46. The number of aliphatic carboxylic acids is 1. The molecule has 1 aromatic carbocycles. The van der Waals surface area contributed by atoms with Crippen molar-refractivity contribution in [2.24, 2.45) is 0 Å². The van der Waals surface area contributed by atoms with Crippen molar-refractivity contribution in [2.75, 3.05) is 19.6 Å². The quantitative estimate of drug-likeness (QED) is 0.904. The Morgan fingerprint density at radius 1 is 1.21 bits per heavy atom. The van der Waals surface area contributed by atoms with E-state index in [2.05, 4.69) is 0 Å². The molecule has 1 unspecified atom stereocenters. The fourth-order valence-corrected chi connectivity index (χ4v) is 3.15. The van der Waals surface area contributed by atoms with Crippen LogP contribution >= 0.6 is 0 Å². The number of halogens is 1. The van der Waals surface area contributed by atoms with Gasteiger partial charge in [0.05, 0.1) is 6.54 Å². The van der Waals surface area contributed by atoms with Gasteiger partial charge in [0, 0.05) is 38.0 Å². The molecular formula is C17H19FN2O4. The summed E-state index contributed by atoms with van der Waals surface area (Å²) in [4.78, 5) is 37.9. The Hall–Kier alpha value is -2.44. The smallest absolute Gasteiger partial charge is 0.343 e. The molecule has 1 N–H and O–H groups in total. The molecule has 7 heteroatoms. The van der Waals surface area contributed by atoms with Crippen LogP contribution in [0.1, 0.15) is 35.2 Å². The van der Waals surface area contributed by atoms with Gasteiger partial charge in [0.1, 0.15) is 0 Å². The van der Waals surface area contributed by atoms with Crippen LogP contribution < -0.4 is 0 Å². The number of amides is 2. The molecule has 24 heavy (non-hydrogen) atoms. The topological polar surface area (TPSA) is 77.9 Å². The Morgan fingerprint density at radius 2 is 1.92 bits per heavy atom. The minimum absolute atomic E-state index is 0.0890. The van der Waals surface area contributed by atoms with E-state index in [9.17, 15) is 18.8 Å². The van der Waals surface area contributed by atoms with Gasteiger partial charge >= 0.3 is 5.97 Å². The third kappa shape index (κ3) is 3.11. The monoisotopic (exact) mass is 334 g/mol. The summed E-state index contributed by atoms with van der Waals surface area (Å²) in [6, 6.07) is 6.82. The van der Waals surface area contributed by atoms with Crippen molar-refractivity contribution >= 4 is 17.8 Å². The van der Waals surface area contributed by atoms with E-state index in [0.717, 1.165) is 18.5 Å². The Labute approximate surface area is 138 Å². The predicted octanol–water partition coefficient (Wildman–Crippen LogP) is 1.45. The fourth-order valence-electron chi connectivity index (χ4n) is 3.15. The van der Waals surface area contributed by atoms with Gasteiger partial charge in [-0.3, -0.25) is 9.59 Å². The summed E-state index contributed by atoms with van der Waals surface area (Å²) in [5, 5.41) is 8.89. The predicted molar refractivity (Wildman–Crippen MR) is 83.1 cm³/mol. The molecular weight excluding hydrogens is 315 g/mol. The normalized spacial score (nSPS) is 23.8. The number of benzene rings is 1. The summed E-state index contributed by atoms with van der Waals surface area (Å²) < 4.78 is 14.1. The van der Waals surface area contributed by atoms with Crippen LogP contribution in [0.15, 0.2) is 24.3 Å². The first kappa shape index (κ1) is 16.4. The Kier molecular flexibility index (Phi) is 4.26. The first-order valence-electron chi connectivity index (χ1n) is 7.97. The van der Waals surface area contributed by atoms with Crippen molar-refractivity contribution in [3.05, 3.63) is 35.4 Å². The number of alkyl halides is 1. The second-order valence-corrected chi connectivity index (χ2v) is 6.36. The van der Waals surface area contributed by atoms with E-state index in [-0.39, 0.29) is 24.8 Å². The maximum Gasteiger partial charge on any atom is 0.343 e. The van der Waals surface area contributed by atoms with Crippen LogP contribution in [0.25, 0.3) is 0 Å². The van der Waals surface area contributed by atoms with Crippen LogP contribution in [-0.4, -0.2) is 58.0 Å². The SMILES string of the molecule is O=C1CCCN1Cc1ccc(C(=O)N2CCC(F)(C(=O)O)C2)cc1. The molecule has 1 atom stereocenters. The Bertz CT molecular complexity index is 676. The van der Waals surface area contributed by atoms with Gasteiger partial charge in [-0.2, -0.15) is 0 Å². The first-order chi connectivity index (χ1) is 11.4. The Morgan fingerprint density at radius 3 is 2.46 bits per heavy atom. The molecule has 128 valence electrons. The average Bonchev–Trinajstić information content (AvgIpc) is 3.15. The molecule has 0 aromatic heterocycles. The van der Waals surface area contributed by atoms with E-state index in [1.165, 1.54) is 4.90 Å². The Balaban J connectivity index is 1.64. The maximum absolute atomic E-state index is 14.1. The molecule has 2 fully saturated rings. The summed E-state index contributed by atoms with van der Waals surface area (Å²) in [6.07, 6.45) is 1.27. The van der Waals surface area contributed by atoms with Gasteiger partial charge in [-0.05, 0) is 24.1 Å². The summed E-state index contributed by atoms with van der Waals surface area (Å²) in [5.74, 6) is -1.76. The number of carboxylic acids is 1. The van der Waals surface area contributed by atoms with E-state index in [4.69, 9.17) is 5.11 Å². The molecule has 2 aliphatic rings. The largest absolute Gasteiger partial charge is 0.479 e. The third-order valence-electron chi connectivity index (χ3n) is 4.64. The van der Waals surface area contributed by atoms with Crippen LogP contribution in [0.3, 0.4) is 0 Å². The first-order valence-corrected chi connectivity index (χ1v) is 7.97. The lowest BCUT2D eigenvalue weighted by molar-refractivity contribution is -0.149. The van der Waals surface area contributed by atoms with Crippen molar-refractivity contribution in [1.29, 1.82) is 0 Å². The van der Waals surface area contributed by atoms with Gasteiger partial charge in [0.15, 0.2) is 0 Å². The lowest BCUT2D eigenvalue weighted by Crippen LogP contribution is -2.38. The highest BCUT2D eigenvalue weighted by Crippen LogP contribution is 2.27. The summed E-state index contributed by atoms with van der Waals surface area (Å²) >= 11 is 0. The van der Waals surface area contributed by atoms with Crippen molar-refractivity contribution in [1.82, 2.24) is 9.80 Å². The van der Waals surface area contributed by atoms with Gasteiger partial charge in [-0.25, -0.2) is 9.18 Å². The van der Waals surface area contributed by atoms with E-state index in [1.807, 2.05) is 0 Å². The van der Waals surface area contributed by atoms with Gasteiger partial charge < -0.3 is 14.9 Å². The number of likely N-dealkylation sites (tertiary alicyclic amines) is 2. The molecule has 2 aliphatic heterocycles. The number of hydrogen-bond donors (Lipinski definition) is 1. The third-order valence-corrected chi connectivity index (χ3v) is 4.64. The van der Waals surface area contributed by atoms with Crippen LogP contribution in [0.4, 0.5) is 4.39 Å². The minimum atomic E-state index is -2.36. The number of nitrogens with zero attached hydrogens (tertiary/aromatic N) is 2. The molecule has 3 rings (SSSR count).